The van der Waals surface area contributed by atoms with Crippen LogP contribution >= 0.6 is 0 Å². The number of likely N-dealkylation sites (tertiary alicyclic amines) is 1. The molecule has 0 saturated carbocycles. The van der Waals surface area contributed by atoms with Crippen LogP contribution in [0.25, 0.3) is 0 Å². The Morgan fingerprint density at radius 1 is 1.16 bits per heavy atom. The monoisotopic (exact) mass is 270 g/mol. The number of carbonyl (C=O) groups is 1. The smallest absolute Gasteiger partial charge is 0.304 e. The van der Waals surface area contributed by atoms with E-state index < -0.39 is 5.97 Å². The van der Waals surface area contributed by atoms with Crippen LogP contribution in [0, 0.1) is 5.92 Å². The molecule has 4 nitrogen and oxygen atoms in total. The van der Waals surface area contributed by atoms with Crippen molar-refractivity contribution in [1.82, 2.24) is 9.80 Å². The first-order valence-corrected chi connectivity index (χ1v) is 7.74. The summed E-state index contributed by atoms with van der Waals surface area (Å²) in [6.07, 6.45) is 5.42. The summed E-state index contributed by atoms with van der Waals surface area (Å²) in [5.74, 6) is -0.00478. The number of aliphatic carboxylic acids is 1. The van der Waals surface area contributed by atoms with Crippen molar-refractivity contribution >= 4 is 5.97 Å². The molecule has 0 aliphatic carbocycles. The third-order valence-corrected chi connectivity index (χ3v) is 3.85. The maximum Gasteiger partial charge on any atom is 0.304 e. The Kier molecular flexibility index (Phi) is 8.07. The molecule has 0 radical (unpaired) electrons. The summed E-state index contributed by atoms with van der Waals surface area (Å²) in [6, 6.07) is 0. The van der Waals surface area contributed by atoms with Gasteiger partial charge < -0.3 is 14.9 Å². The average molecular weight is 270 g/mol. The molecule has 1 heterocycles. The molecule has 1 N–H and O–H groups in total. The molecule has 1 fully saturated rings. The second kappa shape index (κ2) is 9.32. The Bertz CT molecular complexity index is 251. The van der Waals surface area contributed by atoms with Crippen molar-refractivity contribution in [2.75, 3.05) is 39.3 Å². The molecular formula is C15H30N2O2. The van der Waals surface area contributed by atoms with E-state index >= 15 is 0 Å². The number of hydrogen-bond donors (Lipinski definition) is 1. The van der Waals surface area contributed by atoms with Gasteiger partial charge >= 0.3 is 5.97 Å². The Labute approximate surface area is 117 Å². The van der Waals surface area contributed by atoms with Gasteiger partial charge in [-0.2, -0.15) is 0 Å². The van der Waals surface area contributed by atoms with Crippen molar-refractivity contribution in [3.8, 4) is 0 Å². The summed E-state index contributed by atoms with van der Waals surface area (Å²) < 4.78 is 0. The predicted octanol–water partition coefficient (Wildman–Crippen LogP) is 2.30. The molecule has 1 saturated heterocycles. The molecule has 0 aromatic carbocycles. The number of piperidine rings is 1. The SMILES string of the molecule is CC(C)CCN(CCC(=O)O)CCN1CCCCC1. The van der Waals surface area contributed by atoms with Crippen LogP contribution < -0.4 is 0 Å². The second-order valence-corrected chi connectivity index (χ2v) is 6.07. The minimum absolute atomic E-state index is 0.262. The number of carboxylic acids is 1. The molecule has 19 heavy (non-hydrogen) atoms. The zero-order chi connectivity index (χ0) is 14.1. The van der Waals surface area contributed by atoms with Crippen molar-refractivity contribution in [2.45, 2.75) is 46.0 Å². The van der Waals surface area contributed by atoms with Crippen molar-refractivity contribution in [1.29, 1.82) is 0 Å². The summed E-state index contributed by atoms with van der Waals surface area (Å²) in [6.45, 7) is 10.7. The zero-order valence-electron chi connectivity index (χ0n) is 12.6. The summed E-state index contributed by atoms with van der Waals surface area (Å²) in [7, 11) is 0. The van der Waals surface area contributed by atoms with Gasteiger partial charge in [0, 0.05) is 19.6 Å². The van der Waals surface area contributed by atoms with Crippen LogP contribution in [0.2, 0.25) is 0 Å². The van der Waals surface area contributed by atoms with Crippen LogP contribution in [0.3, 0.4) is 0 Å². The highest BCUT2D eigenvalue weighted by Crippen LogP contribution is 2.09. The fourth-order valence-electron chi connectivity index (χ4n) is 2.50. The van der Waals surface area contributed by atoms with Gasteiger partial charge in [-0.05, 0) is 44.8 Å². The van der Waals surface area contributed by atoms with Gasteiger partial charge in [-0.3, -0.25) is 4.79 Å². The normalized spacial score (nSPS) is 17.3. The molecule has 1 aliphatic heterocycles. The molecule has 0 bridgehead atoms. The molecule has 0 atom stereocenters. The lowest BCUT2D eigenvalue weighted by molar-refractivity contribution is -0.137. The molecule has 0 spiro atoms. The van der Waals surface area contributed by atoms with E-state index in [4.69, 9.17) is 5.11 Å². The van der Waals surface area contributed by atoms with Crippen molar-refractivity contribution in [2.24, 2.45) is 5.92 Å². The van der Waals surface area contributed by atoms with E-state index in [0.29, 0.717) is 12.5 Å². The van der Waals surface area contributed by atoms with Crippen LogP contribution in [0.5, 0.6) is 0 Å². The standard InChI is InChI=1S/C15H30N2O2/c1-14(2)6-10-17(11-7-15(18)19)13-12-16-8-4-3-5-9-16/h14H,3-13H2,1-2H3,(H,18,19). The average Bonchev–Trinajstić information content (AvgIpc) is 2.38. The van der Waals surface area contributed by atoms with Gasteiger partial charge in [0.2, 0.25) is 0 Å². The van der Waals surface area contributed by atoms with Crippen LogP contribution in [0.15, 0.2) is 0 Å². The molecule has 112 valence electrons. The highest BCUT2D eigenvalue weighted by molar-refractivity contribution is 5.66. The molecule has 1 rings (SSSR count). The zero-order valence-corrected chi connectivity index (χ0v) is 12.6. The fourth-order valence-corrected chi connectivity index (χ4v) is 2.50. The highest BCUT2D eigenvalue weighted by Gasteiger charge is 2.13. The minimum Gasteiger partial charge on any atom is -0.481 e. The van der Waals surface area contributed by atoms with E-state index in [0.717, 1.165) is 26.1 Å². The number of nitrogens with zero attached hydrogens (tertiary/aromatic N) is 2. The van der Waals surface area contributed by atoms with E-state index in [1.165, 1.54) is 32.4 Å². The maximum atomic E-state index is 10.7. The first kappa shape index (κ1) is 16.4. The minimum atomic E-state index is -0.687. The lowest BCUT2D eigenvalue weighted by Crippen LogP contribution is -2.39. The first-order chi connectivity index (χ1) is 9.08. The third kappa shape index (κ3) is 8.22. The summed E-state index contributed by atoms with van der Waals surface area (Å²) in [4.78, 5) is 15.6. The van der Waals surface area contributed by atoms with Gasteiger partial charge in [0.15, 0.2) is 0 Å². The third-order valence-electron chi connectivity index (χ3n) is 3.85. The van der Waals surface area contributed by atoms with Gasteiger partial charge in [-0.15, -0.1) is 0 Å². The van der Waals surface area contributed by atoms with Gasteiger partial charge in [0.25, 0.3) is 0 Å². The second-order valence-electron chi connectivity index (χ2n) is 6.07. The number of rotatable bonds is 9. The summed E-state index contributed by atoms with van der Waals surface area (Å²) >= 11 is 0. The summed E-state index contributed by atoms with van der Waals surface area (Å²) in [5.41, 5.74) is 0. The molecule has 0 unspecified atom stereocenters. The van der Waals surface area contributed by atoms with Crippen LogP contribution in [0.4, 0.5) is 0 Å². The van der Waals surface area contributed by atoms with Gasteiger partial charge in [-0.1, -0.05) is 20.3 Å². The largest absolute Gasteiger partial charge is 0.481 e. The van der Waals surface area contributed by atoms with Crippen molar-refractivity contribution < 1.29 is 9.90 Å². The topological polar surface area (TPSA) is 43.8 Å². The Hall–Kier alpha value is -0.610. The van der Waals surface area contributed by atoms with Crippen molar-refractivity contribution in [3.63, 3.8) is 0 Å². The lowest BCUT2D eigenvalue weighted by atomic mass is 10.1. The first-order valence-electron chi connectivity index (χ1n) is 7.74. The quantitative estimate of drug-likeness (QED) is 0.698. The summed E-state index contributed by atoms with van der Waals surface area (Å²) in [5, 5.41) is 8.82. The molecule has 0 aromatic heterocycles. The van der Waals surface area contributed by atoms with E-state index in [1.54, 1.807) is 0 Å². The van der Waals surface area contributed by atoms with E-state index in [1.807, 2.05) is 0 Å². The molecule has 4 heteroatoms. The Morgan fingerprint density at radius 2 is 1.84 bits per heavy atom. The molecule has 0 aromatic rings. The highest BCUT2D eigenvalue weighted by atomic mass is 16.4. The van der Waals surface area contributed by atoms with E-state index in [9.17, 15) is 4.79 Å². The van der Waals surface area contributed by atoms with Gasteiger partial charge in [0.1, 0.15) is 0 Å². The number of hydrogen-bond acceptors (Lipinski definition) is 3. The molecule has 1 aliphatic rings. The van der Waals surface area contributed by atoms with Crippen LogP contribution in [0.1, 0.15) is 46.0 Å². The van der Waals surface area contributed by atoms with Crippen LogP contribution in [-0.4, -0.2) is 60.1 Å². The number of carboxylic acid groups (broad SMARTS) is 1. The lowest BCUT2D eigenvalue weighted by Gasteiger charge is -2.30. The Morgan fingerprint density at radius 3 is 2.42 bits per heavy atom. The van der Waals surface area contributed by atoms with Gasteiger partial charge in [0.05, 0.1) is 6.42 Å². The Balaban J connectivity index is 2.27. The van der Waals surface area contributed by atoms with E-state index in [-0.39, 0.29) is 6.42 Å². The predicted molar refractivity (Wildman–Crippen MR) is 78.4 cm³/mol. The van der Waals surface area contributed by atoms with Crippen molar-refractivity contribution in [3.05, 3.63) is 0 Å². The van der Waals surface area contributed by atoms with Crippen LogP contribution in [-0.2, 0) is 4.79 Å². The molecule has 0 amide bonds. The molecular weight excluding hydrogens is 240 g/mol. The van der Waals surface area contributed by atoms with Gasteiger partial charge in [-0.25, -0.2) is 0 Å². The maximum absolute atomic E-state index is 10.7. The van der Waals surface area contributed by atoms with E-state index in [2.05, 4.69) is 23.6 Å². The fraction of sp³-hybridized carbons (Fsp3) is 0.933.